The highest BCUT2D eigenvalue weighted by Gasteiger charge is 2.49. The van der Waals surface area contributed by atoms with Gasteiger partial charge in [-0.05, 0) is 36.6 Å². The molecule has 0 saturated carbocycles. The number of nitrogens with two attached hydrogens (primary N) is 1. The van der Waals surface area contributed by atoms with Crippen molar-refractivity contribution in [3.63, 3.8) is 0 Å². The van der Waals surface area contributed by atoms with Crippen LogP contribution in [0, 0.1) is 0 Å². The van der Waals surface area contributed by atoms with Crippen LogP contribution in [0.1, 0.15) is 31.7 Å². The number of fused-ring (bicyclic) bond motifs is 2. The highest BCUT2D eigenvalue weighted by Crippen LogP contribution is 2.47. The number of amides is 4. The fourth-order valence-electron chi connectivity index (χ4n) is 4.42. The smallest absolute Gasteiger partial charge is 0.327 e. The van der Waals surface area contributed by atoms with Gasteiger partial charge in [-0.2, -0.15) is 0 Å². The van der Waals surface area contributed by atoms with Crippen molar-refractivity contribution in [1.29, 1.82) is 0 Å². The number of anilines is 1. The Kier molecular flexibility index (Phi) is 6.52. The van der Waals surface area contributed by atoms with Gasteiger partial charge in [-0.3, -0.25) is 24.8 Å². The molecule has 3 aliphatic rings. The van der Waals surface area contributed by atoms with E-state index in [9.17, 15) is 14.4 Å². The molecule has 2 atom stereocenters. The zero-order valence-corrected chi connectivity index (χ0v) is 19.4. The number of halogens is 1. The molecular formula is C21H26ClN5O4S. The van der Waals surface area contributed by atoms with E-state index >= 15 is 0 Å². The highest BCUT2D eigenvalue weighted by atomic mass is 35.5. The van der Waals surface area contributed by atoms with Crippen molar-refractivity contribution >= 4 is 52.1 Å². The number of carbonyl (C=O) groups is 3. The number of urea groups is 1. The Morgan fingerprint density at radius 1 is 1.38 bits per heavy atom. The molecule has 3 N–H and O–H groups in total. The summed E-state index contributed by atoms with van der Waals surface area (Å²) in [7, 11) is 0. The first-order chi connectivity index (χ1) is 15.3. The van der Waals surface area contributed by atoms with E-state index in [0.29, 0.717) is 50.1 Å². The predicted octanol–water partition coefficient (Wildman–Crippen LogP) is 2.02. The Balaban J connectivity index is 1.56. The summed E-state index contributed by atoms with van der Waals surface area (Å²) in [6.07, 6.45) is 1.56. The molecule has 4 rings (SSSR count). The number of thioether (sulfide) groups is 1. The monoisotopic (exact) mass is 479 g/mol. The third-order valence-corrected chi connectivity index (χ3v) is 7.27. The van der Waals surface area contributed by atoms with Gasteiger partial charge in [0.2, 0.25) is 11.8 Å². The molecule has 0 aliphatic carbocycles. The topological polar surface area (TPSA) is 117 Å². The molecule has 11 heteroatoms. The summed E-state index contributed by atoms with van der Waals surface area (Å²) in [5.74, 6) is 0.329. The van der Waals surface area contributed by atoms with Crippen molar-refractivity contribution in [2.24, 2.45) is 10.7 Å². The molecule has 0 radical (unpaired) electrons. The van der Waals surface area contributed by atoms with Gasteiger partial charge in [0.15, 0.2) is 5.17 Å². The molecule has 32 heavy (non-hydrogen) atoms. The van der Waals surface area contributed by atoms with Gasteiger partial charge in [-0.1, -0.05) is 11.8 Å². The van der Waals surface area contributed by atoms with Gasteiger partial charge >= 0.3 is 6.03 Å². The van der Waals surface area contributed by atoms with Crippen LogP contribution in [0.4, 0.5) is 10.5 Å². The van der Waals surface area contributed by atoms with Crippen LogP contribution in [-0.4, -0.2) is 65.4 Å². The van der Waals surface area contributed by atoms with Gasteiger partial charge in [0.25, 0.3) is 0 Å². The SMILES string of the molecule is CC(=O)N1CCC2(C1)CN(C(=O)NC1=NCC(Cl)S1)c1ccc(OCCCC(N)=O)cc12. The third kappa shape index (κ3) is 4.66. The zero-order chi connectivity index (χ0) is 22.9. The number of alkyl halides is 1. The molecule has 1 saturated heterocycles. The number of hydrogen-bond acceptors (Lipinski definition) is 6. The number of benzene rings is 1. The number of nitrogens with zero attached hydrogens (tertiary/aromatic N) is 3. The third-order valence-electron chi connectivity index (χ3n) is 6.00. The van der Waals surface area contributed by atoms with Gasteiger partial charge in [0, 0.05) is 44.1 Å². The van der Waals surface area contributed by atoms with E-state index in [-0.39, 0.29) is 34.4 Å². The number of primary amides is 1. The maximum Gasteiger partial charge on any atom is 0.327 e. The van der Waals surface area contributed by atoms with E-state index in [1.54, 1.807) is 11.8 Å². The highest BCUT2D eigenvalue weighted by molar-refractivity contribution is 8.15. The van der Waals surface area contributed by atoms with Crippen LogP contribution in [-0.2, 0) is 15.0 Å². The molecule has 3 heterocycles. The Labute approximate surface area is 195 Å². The van der Waals surface area contributed by atoms with Crippen LogP contribution in [0.25, 0.3) is 0 Å². The van der Waals surface area contributed by atoms with Crippen LogP contribution < -0.4 is 20.7 Å². The van der Waals surface area contributed by atoms with Crippen molar-refractivity contribution in [3.8, 4) is 5.75 Å². The maximum atomic E-state index is 13.1. The molecule has 0 bridgehead atoms. The molecule has 9 nitrogen and oxygen atoms in total. The van der Waals surface area contributed by atoms with Crippen LogP contribution >= 0.6 is 23.4 Å². The number of aliphatic imine (C=N–C) groups is 1. The number of likely N-dealkylation sites (tertiary alicyclic amines) is 1. The normalized spacial score (nSPS) is 23.9. The molecule has 1 aromatic carbocycles. The van der Waals surface area contributed by atoms with E-state index < -0.39 is 0 Å². The number of carbonyl (C=O) groups excluding carboxylic acids is 3. The van der Waals surface area contributed by atoms with E-state index in [1.807, 2.05) is 23.1 Å². The Morgan fingerprint density at radius 3 is 2.84 bits per heavy atom. The summed E-state index contributed by atoms with van der Waals surface area (Å²) >= 11 is 7.40. The maximum absolute atomic E-state index is 13.1. The first-order valence-corrected chi connectivity index (χ1v) is 11.8. The first-order valence-electron chi connectivity index (χ1n) is 10.5. The van der Waals surface area contributed by atoms with Gasteiger partial charge in [-0.25, -0.2) is 4.79 Å². The van der Waals surface area contributed by atoms with Crippen LogP contribution in [0.15, 0.2) is 23.2 Å². The lowest BCUT2D eigenvalue weighted by Crippen LogP contribution is -2.45. The van der Waals surface area contributed by atoms with E-state index in [4.69, 9.17) is 22.1 Å². The van der Waals surface area contributed by atoms with Crippen molar-refractivity contribution in [2.75, 3.05) is 37.7 Å². The molecule has 172 valence electrons. The molecule has 1 fully saturated rings. The lowest BCUT2D eigenvalue weighted by atomic mass is 9.81. The van der Waals surface area contributed by atoms with Gasteiger partial charge < -0.3 is 15.4 Å². The second kappa shape index (κ2) is 9.19. The largest absolute Gasteiger partial charge is 0.494 e. The summed E-state index contributed by atoms with van der Waals surface area (Å²) in [5, 5.41) is 3.38. The summed E-state index contributed by atoms with van der Waals surface area (Å²) in [6.45, 7) is 4.05. The molecule has 3 aliphatic heterocycles. The number of nitrogens with one attached hydrogen (secondary N) is 1. The Morgan fingerprint density at radius 2 is 2.19 bits per heavy atom. The fourth-order valence-corrected chi connectivity index (χ4v) is 5.43. The van der Waals surface area contributed by atoms with E-state index in [1.165, 1.54) is 11.8 Å². The van der Waals surface area contributed by atoms with E-state index in [0.717, 1.165) is 17.7 Å². The quantitative estimate of drug-likeness (QED) is 0.495. The van der Waals surface area contributed by atoms with Crippen molar-refractivity contribution in [2.45, 2.75) is 36.3 Å². The van der Waals surface area contributed by atoms with Crippen LogP contribution in [0.5, 0.6) is 5.75 Å². The van der Waals surface area contributed by atoms with Crippen molar-refractivity contribution in [1.82, 2.24) is 10.2 Å². The lowest BCUT2D eigenvalue weighted by molar-refractivity contribution is -0.128. The summed E-state index contributed by atoms with van der Waals surface area (Å²) < 4.78 is 5.66. The van der Waals surface area contributed by atoms with Crippen LogP contribution in [0.3, 0.4) is 0 Å². The zero-order valence-electron chi connectivity index (χ0n) is 17.8. The number of rotatable bonds is 5. The van der Waals surface area contributed by atoms with E-state index in [2.05, 4.69) is 10.3 Å². The standard InChI is InChI=1S/C21H26ClN5O4S/c1-13(28)26-7-6-21(11-26)12-27(20(30)25-19-24-10-17(22)32-19)16-5-4-14(9-15(16)21)31-8-2-3-18(23)29/h4-5,9,17H,2-3,6-8,10-12H2,1H3,(H2,23,29)(H,24,25,30). The lowest BCUT2D eigenvalue weighted by Gasteiger charge is -2.25. The van der Waals surface area contributed by atoms with Gasteiger partial charge in [-0.15, -0.1) is 11.6 Å². The molecular weight excluding hydrogens is 454 g/mol. The minimum absolute atomic E-state index is 0.0232. The Bertz CT molecular complexity index is 974. The number of hydrogen-bond donors (Lipinski definition) is 2. The van der Waals surface area contributed by atoms with Crippen molar-refractivity contribution < 1.29 is 19.1 Å². The average Bonchev–Trinajstić information content (AvgIpc) is 3.44. The molecule has 2 unspecified atom stereocenters. The second-order valence-corrected chi connectivity index (χ2v) is 10.2. The average molecular weight is 480 g/mol. The summed E-state index contributed by atoms with van der Waals surface area (Å²) in [4.78, 5) is 43.8. The Hall–Kier alpha value is -2.46. The number of amidine groups is 1. The predicted molar refractivity (Wildman–Crippen MR) is 124 cm³/mol. The van der Waals surface area contributed by atoms with Gasteiger partial charge in [0.05, 0.1) is 13.2 Å². The molecule has 4 amide bonds. The minimum Gasteiger partial charge on any atom is -0.494 e. The second-order valence-electron chi connectivity index (χ2n) is 8.26. The molecule has 0 aromatic heterocycles. The van der Waals surface area contributed by atoms with Crippen molar-refractivity contribution in [3.05, 3.63) is 23.8 Å². The molecule has 1 aromatic rings. The summed E-state index contributed by atoms with van der Waals surface area (Å²) in [6, 6.07) is 5.37. The fraction of sp³-hybridized carbons (Fsp3) is 0.524. The minimum atomic E-state index is -0.357. The first kappa shape index (κ1) is 22.7. The molecule has 1 spiro atoms. The van der Waals surface area contributed by atoms with Crippen LogP contribution in [0.2, 0.25) is 0 Å². The van der Waals surface area contributed by atoms with Gasteiger partial charge in [0.1, 0.15) is 10.5 Å². The number of ether oxygens (including phenoxy) is 1. The summed E-state index contributed by atoms with van der Waals surface area (Å²) in [5.41, 5.74) is 6.61.